The first-order valence-electron chi connectivity index (χ1n) is 8.26. The van der Waals surface area contributed by atoms with Crippen LogP contribution in [0.5, 0.6) is 0 Å². The van der Waals surface area contributed by atoms with E-state index in [1.807, 2.05) is 41.1 Å². The van der Waals surface area contributed by atoms with Crippen LogP contribution in [0, 0.1) is 0 Å². The molecule has 2 amide bonds. The SMILES string of the molecule is O=C(CSc1nccn1-c1ccc(Cl)cc1)NCC(=O)Nc1ccccc1Br. The second-order valence-electron chi connectivity index (χ2n) is 5.65. The molecule has 1 aromatic heterocycles. The van der Waals surface area contributed by atoms with Gasteiger partial charge >= 0.3 is 0 Å². The Morgan fingerprint density at radius 1 is 1.11 bits per heavy atom. The van der Waals surface area contributed by atoms with Crippen molar-refractivity contribution in [3.8, 4) is 5.69 Å². The second-order valence-corrected chi connectivity index (χ2v) is 7.88. The quantitative estimate of drug-likeness (QED) is 0.500. The van der Waals surface area contributed by atoms with Crippen molar-refractivity contribution in [3.63, 3.8) is 0 Å². The van der Waals surface area contributed by atoms with E-state index in [2.05, 4.69) is 31.5 Å². The molecule has 3 aromatic rings. The highest BCUT2D eigenvalue weighted by atomic mass is 79.9. The number of hydrogen-bond acceptors (Lipinski definition) is 4. The molecule has 0 bridgehead atoms. The van der Waals surface area contributed by atoms with Crippen LogP contribution in [0.3, 0.4) is 0 Å². The van der Waals surface area contributed by atoms with E-state index in [0.29, 0.717) is 15.9 Å². The fourth-order valence-corrected chi connectivity index (χ4v) is 3.62. The van der Waals surface area contributed by atoms with Gasteiger partial charge in [0.1, 0.15) is 0 Å². The first kappa shape index (κ1) is 20.4. The van der Waals surface area contributed by atoms with Gasteiger partial charge in [-0.2, -0.15) is 0 Å². The minimum Gasteiger partial charge on any atom is -0.346 e. The molecule has 0 aliphatic carbocycles. The Hall–Kier alpha value is -2.29. The van der Waals surface area contributed by atoms with Crippen molar-refractivity contribution in [2.75, 3.05) is 17.6 Å². The maximum Gasteiger partial charge on any atom is 0.243 e. The lowest BCUT2D eigenvalue weighted by Gasteiger charge is -2.09. The molecule has 0 saturated carbocycles. The Bertz CT molecular complexity index is 978. The van der Waals surface area contributed by atoms with Crippen LogP contribution in [0.4, 0.5) is 5.69 Å². The highest BCUT2D eigenvalue weighted by Crippen LogP contribution is 2.22. The van der Waals surface area contributed by atoms with Gasteiger partial charge in [0, 0.05) is 27.6 Å². The van der Waals surface area contributed by atoms with Gasteiger partial charge in [-0.3, -0.25) is 14.2 Å². The van der Waals surface area contributed by atoms with Crippen LogP contribution in [-0.4, -0.2) is 33.7 Å². The Labute approximate surface area is 179 Å². The van der Waals surface area contributed by atoms with Crippen LogP contribution >= 0.6 is 39.3 Å². The standard InChI is InChI=1S/C19H16BrClN4O2S/c20-15-3-1-2-4-16(15)24-17(26)11-23-18(27)12-28-19-22-9-10-25(19)14-7-5-13(21)6-8-14/h1-10H,11-12H2,(H,23,27)(H,24,26). The molecular weight excluding hydrogens is 464 g/mol. The van der Waals surface area contributed by atoms with Crippen molar-refractivity contribution >= 4 is 56.8 Å². The number of carbonyl (C=O) groups excluding carboxylic acids is 2. The third kappa shape index (κ3) is 5.60. The number of halogens is 2. The summed E-state index contributed by atoms with van der Waals surface area (Å²) in [4.78, 5) is 28.3. The van der Waals surface area contributed by atoms with Gasteiger partial charge in [0.15, 0.2) is 5.16 Å². The lowest BCUT2D eigenvalue weighted by molar-refractivity contribution is -0.122. The van der Waals surface area contributed by atoms with Gasteiger partial charge in [-0.05, 0) is 52.3 Å². The molecule has 0 atom stereocenters. The Balaban J connectivity index is 1.49. The first-order chi connectivity index (χ1) is 13.5. The Morgan fingerprint density at radius 2 is 1.86 bits per heavy atom. The summed E-state index contributed by atoms with van der Waals surface area (Å²) in [6.07, 6.45) is 3.48. The molecule has 0 aliphatic rings. The molecule has 0 aliphatic heterocycles. The van der Waals surface area contributed by atoms with E-state index in [0.717, 1.165) is 10.2 Å². The van der Waals surface area contributed by atoms with E-state index >= 15 is 0 Å². The number of rotatable bonds is 7. The zero-order chi connectivity index (χ0) is 19.9. The molecule has 6 nitrogen and oxygen atoms in total. The van der Waals surface area contributed by atoms with Crippen molar-refractivity contribution in [3.05, 3.63) is 70.4 Å². The molecule has 2 N–H and O–H groups in total. The van der Waals surface area contributed by atoms with E-state index in [9.17, 15) is 9.59 Å². The monoisotopic (exact) mass is 478 g/mol. The van der Waals surface area contributed by atoms with Crippen molar-refractivity contribution < 1.29 is 9.59 Å². The van der Waals surface area contributed by atoms with Crippen molar-refractivity contribution in [1.29, 1.82) is 0 Å². The van der Waals surface area contributed by atoms with Gasteiger partial charge in [-0.1, -0.05) is 35.5 Å². The fraction of sp³-hybridized carbons (Fsp3) is 0.105. The van der Waals surface area contributed by atoms with Crippen LogP contribution in [0.25, 0.3) is 5.69 Å². The molecule has 3 rings (SSSR count). The van der Waals surface area contributed by atoms with E-state index in [-0.39, 0.29) is 24.1 Å². The number of anilines is 1. The average molecular weight is 480 g/mol. The highest BCUT2D eigenvalue weighted by molar-refractivity contribution is 9.10. The second kappa shape index (κ2) is 9.77. The molecule has 144 valence electrons. The van der Waals surface area contributed by atoms with Gasteiger partial charge in [0.05, 0.1) is 18.0 Å². The predicted molar refractivity (Wildman–Crippen MR) is 115 cm³/mol. The molecule has 28 heavy (non-hydrogen) atoms. The summed E-state index contributed by atoms with van der Waals surface area (Å²) in [5, 5.41) is 6.67. The smallest absolute Gasteiger partial charge is 0.243 e. The molecule has 2 aromatic carbocycles. The highest BCUT2D eigenvalue weighted by Gasteiger charge is 2.11. The van der Waals surface area contributed by atoms with Gasteiger partial charge in [0.25, 0.3) is 0 Å². The van der Waals surface area contributed by atoms with E-state index in [4.69, 9.17) is 11.6 Å². The molecule has 0 saturated heterocycles. The summed E-state index contributed by atoms with van der Waals surface area (Å²) in [6, 6.07) is 14.6. The fourth-order valence-electron chi connectivity index (χ4n) is 2.31. The molecule has 0 unspecified atom stereocenters. The van der Waals surface area contributed by atoms with Gasteiger partial charge < -0.3 is 10.6 Å². The van der Waals surface area contributed by atoms with Gasteiger partial charge in [0.2, 0.25) is 11.8 Å². The van der Waals surface area contributed by atoms with Gasteiger partial charge in [-0.15, -0.1) is 0 Å². The van der Waals surface area contributed by atoms with Crippen LogP contribution in [0.15, 0.2) is 70.6 Å². The predicted octanol–water partition coefficient (Wildman–Crippen LogP) is 4.14. The minimum absolute atomic E-state index is 0.105. The Kier molecular flexibility index (Phi) is 7.13. The number of aromatic nitrogens is 2. The van der Waals surface area contributed by atoms with Crippen molar-refractivity contribution in [2.24, 2.45) is 0 Å². The van der Waals surface area contributed by atoms with Crippen LogP contribution in [0.2, 0.25) is 5.02 Å². The van der Waals surface area contributed by atoms with E-state index in [1.54, 1.807) is 24.4 Å². The van der Waals surface area contributed by atoms with Crippen molar-refractivity contribution in [1.82, 2.24) is 14.9 Å². The number of benzene rings is 2. The number of thioether (sulfide) groups is 1. The summed E-state index contributed by atoms with van der Waals surface area (Å²) in [5.41, 5.74) is 1.55. The summed E-state index contributed by atoms with van der Waals surface area (Å²) in [7, 11) is 0. The summed E-state index contributed by atoms with van der Waals surface area (Å²) < 4.78 is 2.65. The largest absolute Gasteiger partial charge is 0.346 e. The normalized spacial score (nSPS) is 10.5. The minimum atomic E-state index is -0.298. The third-order valence-electron chi connectivity index (χ3n) is 3.64. The lowest BCUT2D eigenvalue weighted by Crippen LogP contribution is -2.34. The zero-order valence-electron chi connectivity index (χ0n) is 14.6. The topological polar surface area (TPSA) is 76.0 Å². The molecule has 9 heteroatoms. The zero-order valence-corrected chi connectivity index (χ0v) is 17.7. The number of hydrogen-bond donors (Lipinski definition) is 2. The maximum absolute atomic E-state index is 12.1. The summed E-state index contributed by atoms with van der Waals surface area (Å²) >= 11 is 10.6. The molecule has 1 heterocycles. The number of para-hydroxylation sites is 1. The molecular formula is C19H16BrClN4O2S. The molecule has 0 fully saturated rings. The first-order valence-corrected chi connectivity index (χ1v) is 10.4. The molecule has 0 spiro atoms. The number of nitrogens with one attached hydrogen (secondary N) is 2. The summed E-state index contributed by atoms with van der Waals surface area (Å²) in [5.74, 6) is -0.404. The summed E-state index contributed by atoms with van der Waals surface area (Å²) in [6.45, 7) is -0.105. The number of carbonyl (C=O) groups is 2. The lowest BCUT2D eigenvalue weighted by atomic mass is 10.3. The van der Waals surface area contributed by atoms with Crippen LogP contribution in [0.1, 0.15) is 0 Å². The number of amides is 2. The molecule has 0 radical (unpaired) electrons. The number of imidazole rings is 1. The van der Waals surface area contributed by atoms with E-state index in [1.165, 1.54) is 11.8 Å². The third-order valence-corrected chi connectivity index (χ3v) is 5.55. The van der Waals surface area contributed by atoms with E-state index < -0.39 is 0 Å². The van der Waals surface area contributed by atoms with Gasteiger partial charge in [-0.25, -0.2) is 4.98 Å². The maximum atomic E-state index is 12.1. The van der Waals surface area contributed by atoms with Crippen molar-refractivity contribution in [2.45, 2.75) is 5.16 Å². The van der Waals surface area contributed by atoms with Crippen LogP contribution < -0.4 is 10.6 Å². The average Bonchev–Trinajstić information content (AvgIpc) is 3.16. The van der Waals surface area contributed by atoms with Crippen LogP contribution in [-0.2, 0) is 9.59 Å². The number of nitrogens with zero attached hydrogens (tertiary/aromatic N) is 2. The Morgan fingerprint density at radius 3 is 2.61 bits per heavy atom.